The number of halogens is 1. The van der Waals surface area contributed by atoms with Gasteiger partial charge in [-0.25, -0.2) is 4.39 Å². The van der Waals surface area contributed by atoms with Gasteiger partial charge in [0, 0.05) is 12.6 Å². The van der Waals surface area contributed by atoms with Crippen LogP contribution in [0.5, 0.6) is 11.5 Å². The average molecular weight is 362 g/mol. The number of benzene rings is 2. The number of thiocarbonyl (C=S) groups is 1. The zero-order chi connectivity index (χ0) is 18.1. The van der Waals surface area contributed by atoms with Gasteiger partial charge in [0.2, 0.25) is 5.11 Å². The largest absolute Gasteiger partial charge is 0.490 e. The van der Waals surface area contributed by atoms with Crippen molar-refractivity contribution in [2.75, 3.05) is 13.7 Å². The first-order valence-corrected chi connectivity index (χ1v) is 8.23. The molecule has 0 aliphatic heterocycles. The molecule has 0 unspecified atom stereocenters. The molecule has 0 radical (unpaired) electrons. The second-order valence-electron chi connectivity index (χ2n) is 5.05. The van der Waals surface area contributed by atoms with Crippen LogP contribution < -0.4 is 25.3 Å². The monoisotopic (exact) mass is 362 g/mol. The first-order chi connectivity index (χ1) is 12.1. The lowest BCUT2D eigenvalue weighted by atomic mass is 10.2. The van der Waals surface area contributed by atoms with Gasteiger partial charge >= 0.3 is 0 Å². The van der Waals surface area contributed by atoms with E-state index in [1.807, 2.05) is 25.1 Å². The Morgan fingerprint density at radius 3 is 2.60 bits per heavy atom. The molecule has 5 nitrogen and oxygen atoms in total. The molecule has 0 aliphatic rings. The summed E-state index contributed by atoms with van der Waals surface area (Å²) in [6.07, 6.45) is 1.76. The smallest absolute Gasteiger partial charge is 0.223 e. The minimum atomic E-state index is -0.266. The van der Waals surface area contributed by atoms with Crippen molar-refractivity contribution in [2.24, 2.45) is 0 Å². The molecular formula is C18H21FN3O2S+. The zero-order valence-electron chi connectivity index (χ0n) is 14.1. The standard InChI is InChI=1S/C18H20FN3O2S/c1-3-23-17-10-14(11-21-22-18(25)20-2)6-9-16(17)24-12-13-4-7-15(19)8-5-13/h4-11H,3,12H2,1-2H3,(H2,20,22,25)/p+1. The predicted octanol–water partition coefficient (Wildman–Crippen LogP) is 1.31. The molecule has 2 aromatic carbocycles. The summed E-state index contributed by atoms with van der Waals surface area (Å²) in [5, 5.41) is 6.18. The maximum atomic E-state index is 12.9. The fraction of sp³-hybridized carbons (Fsp3) is 0.222. The first kappa shape index (κ1) is 18.7. The molecule has 132 valence electrons. The summed E-state index contributed by atoms with van der Waals surface area (Å²) in [6.45, 7) is 2.76. The Kier molecular flexibility index (Phi) is 7.16. The van der Waals surface area contributed by atoms with Gasteiger partial charge in [0.05, 0.1) is 6.61 Å². The van der Waals surface area contributed by atoms with Gasteiger partial charge in [0.1, 0.15) is 12.4 Å². The maximum Gasteiger partial charge on any atom is 0.223 e. The number of ether oxygens (including phenoxy) is 2. The first-order valence-electron chi connectivity index (χ1n) is 7.83. The van der Waals surface area contributed by atoms with Crippen molar-refractivity contribution in [3.8, 4) is 11.5 Å². The van der Waals surface area contributed by atoms with Crippen LogP contribution in [0, 0.1) is 5.82 Å². The van der Waals surface area contributed by atoms with Crippen molar-refractivity contribution < 1.29 is 19.0 Å². The van der Waals surface area contributed by atoms with E-state index < -0.39 is 0 Å². The van der Waals surface area contributed by atoms with Gasteiger partial charge in [-0.05, 0) is 55.0 Å². The lowest BCUT2D eigenvalue weighted by Crippen LogP contribution is -2.82. The second kappa shape index (κ2) is 9.58. The van der Waals surface area contributed by atoms with Crippen molar-refractivity contribution in [1.82, 2.24) is 10.7 Å². The van der Waals surface area contributed by atoms with Crippen molar-refractivity contribution in [3.63, 3.8) is 0 Å². The third-order valence-corrected chi connectivity index (χ3v) is 3.53. The number of rotatable bonds is 7. The van der Waals surface area contributed by atoms with Gasteiger partial charge in [-0.1, -0.05) is 12.1 Å². The van der Waals surface area contributed by atoms with E-state index in [1.54, 1.807) is 25.4 Å². The topological polar surface area (TPSA) is 56.5 Å². The molecule has 0 heterocycles. The van der Waals surface area contributed by atoms with E-state index in [0.717, 1.165) is 11.1 Å². The van der Waals surface area contributed by atoms with Gasteiger partial charge in [-0.15, -0.1) is 10.5 Å². The molecule has 0 aromatic heterocycles. The number of hydrogen-bond donors (Lipinski definition) is 3. The Balaban J connectivity index is 2.06. The molecule has 7 heteroatoms. The third kappa shape index (κ3) is 6.04. The van der Waals surface area contributed by atoms with Gasteiger partial charge in [-0.3, -0.25) is 0 Å². The number of hydrazone groups is 1. The van der Waals surface area contributed by atoms with Crippen LogP contribution >= 0.6 is 12.2 Å². The van der Waals surface area contributed by atoms with Crippen LogP contribution in [0.3, 0.4) is 0 Å². The highest BCUT2D eigenvalue weighted by Crippen LogP contribution is 2.28. The highest BCUT2D eigenvalue weighted by molar-refractivity contribution is 7.80. The van der Waals surface area contributed by atoms with Crippen LogP contribution in [0.4, 0.5) is 4.39 Å². The van der Waals surface area contributed by atoms with E-state index in [-0.39, 0.29) is 5.82 Å². The molecule has 0 amide bonds. The third-order valence-electron chi connectivity index (χ3n) is 3.23. The second-order valence-corrected chi connectivity index (χ2v) is 5.46. The summed E-state index contributed by atoms with van der Waals surface area (Å²) >= 11 is 4.97. The number of hydrazine groups is 1. The van der Waals surface area contributed by atoms with Crippen LogP contribution in [0.15, 0.2) is 42.5 Å². The summed E-state index contributed by atoms with van der Waals surface area (Å²) < 4.78 is 24.4. The summed E-state index contributed by atoms with van der Waals surface area (Å²) in [4.78, 5) is 0. The van der Waals surface area contributed by atoms with Crippen molar-refractivity contribution >= 4 is 23.5 Å². The van der Waals surface area contributed by atoms with Crippen molar-refractivity contribution in [3.05, 3.63) is 59.4 Å². The minimum absolute atomic E-state index is 0.266. The van der Waals surface area contributed by atoms with E-state index in [0.29, 0.717) is 29.8 Å². The molecule has 0 spiro atoms. The molecule has 0 aliphatic carbocycles. The minimum Gasteiger partial charge on any atom is -0.490 e. The van der Waals surface area contributed by atoms with E-state index in [9.17, 15) is 4.39 Å². The fourth-order valence-electron chi connectivity index (χ4n) is 1.99. The van der Waals surface area contributed by atoms with E-state index in [4.69, 9.17) is 21.7 Å². The van der Waals surface area contributed by atoms with Crippen molar-refractivity contribution in [2.45, 2.75) is 13.5 Å². The van der Waals surface area contributed by atoms with Gasteiger partial charge in [0.25, 0.3) is 0 Å². The molecule has 2 aromatic rings. The van der Waals surface area contributed by atoms with Crippen LogP contribution in [0.25, 0.3) is 0 Å². The summed E-state index contributed by atoms with van der Waals surface area (Å²) in [5.74, 6) is 0.996. The van der Waals surface area contributed by atoms with E-state index in [2.05, 4.69) is 15.8 Å². The fourth-order valence-corrected chi connectivity index (χ4v) is 2.05. The summed E-state index contributed by atoms with van der Waals surface area (Å²) in [6, 6.07) is 11.8. The lowest BCUT2D eigenvalue weighted by molar-refractivity contribution is -0.500. The molecule has 25 heavy (non-hydrogen) atoms. The molecule has 0 fully saturated rings. The zero-order valence-corrected chi connectivity index (χ0v) is 15.0. The molecular weight excluding hydrogens is 341 g/mol. The lowest BCUT2D eigenvalue weighted by Gasteiger charge is -2.12. The highest BCUT2D eigenvalue weighted by Gasteiger charge is 2.08. The number of nitrogens with one attached hydrogen (secondary N) is 3. The van der Waals surface area contributed by atoms with Crippen LogP contribution in [-0.2, 0) is 6.61 Å². The summed E-state index contributed by atoms with van der Waals surface area (Å²) in [5.41, 5.74) is 4.58. The van der Waals surface area contributed by atoms with E-state index in [1.165, 1.54) is 12.1 Å². The Morgan fingerprint density at radius 2 is 1.92 bits per heavy atom. The maximum absolute atomic E-state index is 12.9. The average Bonchev–Trinajstić information content (AvgIpc) is 2.62. The normalized spacial score (nSPS) is 10.5. The Morgan fingerprint density at radius 1 is 1.16 bits per heavy atom. The SMILES string of the molecule is CCOc1cc(C=[NH+]NC(=S)NC)ccc1OCc1ccc(F)cc1. The van der Waals surface area contributed by atoms with Crippen LogP contribution in [-0.4, -0.2) is 25.0 Å². The quantitative estimate of drug-likeness (QED) is 0.394. The Hall–Kier alpha value is -2.67. The van der Waals surface area contributed by atoms with Gasteiger partial charge < -0.3 is 14.8 Å². The molecule has 0 bridgehead atoms. The Bertz CT molecular complexity index is 736. The van der Waals surface area contributed by atoms with E-state index >= 15 is 0 Å². The predicted molar refractivity (Wildman–Crippen MR) is 99.3 cm³/mol. The van der Waals surface area contributed by atoms with Gasteiger partial charge in [0.15, 0.2) is 17.7 Å². The Labute approximate surface area is 151 Å². The molecule has 0 saturated heterocycles. The number of hydrogen-bond acceptors (Lipinski definition) is 3. The van der Waals surface area contributed by atoms with Gasteiger partial charge in [-0.2, -0.15) is 0 Å². The summed E-state index contributed by atoms with van der Waals surface area (Å²) in [7, 11) is 1.73. The van der Waals surface area contributed by atoms with Crippen LogP contribution in [0.2, 0.25) is 0 Å². The molecule has 0 saturated carbocycles. The van der Waals surface area contributed by atoms with Crippen LogP contribution in [0.1, 0.15) is 18.1 Å². The molecule has 3 N–H and O–H groups in total. The molecule has 2 rings (SSSR count). The highest BCUT2D eigenvalue weighted by atomic mass is 32.1. The molecule has 0 atom stereocenters. The van der Waals surface area contributed by atoms with Crippen molar-refractivity contribution in [1.29, 1.82) is 0 Å².